The van der Waals surface area contributed by atoms with Crippen molar-refractivity contribution >= 4 is 29.9 Å². The molecule has 1 N–H and O–H groups in total. The van der Waals surface area contributed by atoms with E-state index in [1.807, 2.05) is 17.9 Å². The third-order valence-corrected chi connectivity index (χ3v) is 5.76. The maximum absolute atomic E-state index is 5.01. The van der Waals surface area contributed by atoms with Gasteiger partial charge in [0.25, 0.3) is 0 Å². The Kier molecular flexibility index (Phi) is 8.19. The first kappa shape index (κ1) is 21.5. The van der Waals surface area contributed by atoms with E-state index in [2.05, 4.69) is 47.4 Å². The highest BCUT2D eigenvalue weighted by molar-refractivity contribution is 14.0. The molecule has 3 rings (SSSR count). The molecule has 0 radical (unpaired) electrons. The lowest BCUT2D eigenvalue weighted by Crippen LogP contribution is -2.41. The van der Waals surface area contributed by atoms with Gasteiger partial charge < -0.3 is 15.1 Å². The molecule has 0 amide bonds. The number of likely N-dealkylation sites (N-methyl/N-ethyl adjacent to an activating group) is 1. The predicted molar refractivity (Wildman–Crippen MR) is 118 cm³/mol. The van der Waals surface area contributed by atoms with Crippen LogP contribution < -0.4 is 5.32 Å². The van der Waals surface area contributed by atoms with Crippen LogP contribution in [-0.4, -0.2) is 65.8 Å². The van der Waals surface area contributed by atoms with Crippen LogP contribution in [0.4, 0.5) is 0 Å². The van der Waals surface area contributed by atoms with Crippen molar-refractivity contribution in [3.63, 3.8) is 0 Å². The van der Waals surface area contributed by atoms with Gasteiger partial charge in [-0.2, -0.15) is 5.10 Å². The van der Waals surface area contributed by atoms with Gasteiger partial charge in [0.15, 0.2) is 5.96 Å². The number of rotatable bonds is 5. The van der Waals surface area contributed by atoms with E-state index in [0.29, 0.717) is 0 Å². The Morgan fingerprint density at radius 1 is 1.31 bits per heavy atom. The van der Waals surface area contributed by atoms with Crippen molar-refractivity contribution in [2.24, 2.45) is 23.9 Å². The van der Waals surface area contributed by atoms with Crippen LogP contribution in [0.25, 0.3) is 0 Å². The molecule has 1 aromatic heterocycles. The van der Waals surface area contributed by atoms with Crippen LogP contribution >= 0.6 is 24.0 Å². The van der Waals surface area contributed by atoms with Gasteiger partial charge in [0.1, 0.15) is 0 Å². The summed E-state index contributed by atoms with van der Waals surface area (Å²) in [7, 11) is 6.20. The SMILES string of the molecule is CCNC(=NCC(c1cnn(C)c1)N(C)C)N1CC2CCCCC2C1.I. The monoisotopic (exact) mass is 474 g/mol. The zero-order valence-corrected chi connectivity index (χ0v) is 19.0. The van der Waals surface area contributed by atoms with Gasteiger partial charge in [0, 0.05) is 38.4 Å². The topological polar surface area (TPSA) is 48.7 Å². The summed E-state index contributed by atoms with van der Waals surface area (Å²) in [6.45, 7) is 6.19. The van der Waals surface area contributed by atoms with Gasteiger partial charge in [0.05, 0.1) is 18.8 Å². The molecule has 6 nitrogen and oxygen atoms in total. The number of guanidine groups is 1. The molecule has 2 heterocycles. The number of hydrogen-bond acceptors (Lipinski definition) is 3. The Morgan fingerprint density at radius 3 is 2.46 bits per heavy atom. The van der Waals surface area contributed by atoms with E-state index in [9.17, 15) is 0 Å². The van der Waals surface area contributed by atoms with Crippen molar-refractivity contribution in [1.82, 2.24) is 24.9 Å². The summed E-state index contributed by atoms with van der Waals surface area (Å²) in [5.74, 6) is 2.84. The number of halogens is 1. The van der Waals surface area contributed by atoms with Crippen LogP contribution in [-0.2, 0) is 7.05 Å². The summed E-state index contributed by atoms with van der Waals surface area (Å²) in [5.41, 5.74) is 1.22. The van der Waals surface area contributed by atoms with Crippen molar-refractivity contribution in [1.29, 1.82) is 0 Å². The fourth-order valence-corrected chi connectivity index (χ4v) is 4.36. The molecule has 1 aliphatic carbocycles. The smallest absolute Gasteiger partial charge is 0.194 e. The fourth-order valence-electron chi connectivity index (χ4n) is 4.36. The highest BCUT2D eigenvalue weighted by Gasteiger charge is 2.35. The van der Waals surface area contributed by atoms with Crippen molar-refractivity contribution in [2.45, 2.75) is 38.6 Å². The highest BCUT2D eigenvalue weighted by Crippen LogP contribution is 2.36. The molecule has 0 aromatic carbocycles. The zero-order chi connectivity index (χ0) is 17.8. The van der Waals surface area contributed by atoms with Crippen molar-refractivity contribution in [3.8, 4) is 0 Å². The summed E-state index contributed by atoms with van der Waals surface area (Å²) >= 11 is 0. The van der Waals surface area contributed by atoms with Crippen molar-refractivity contribution in [2.75, 3.05) is 40.3 Å². The number of nitrogens with zero attached hydrogens (tertiary/aromatic N) is 5. The summed E-state index contributed by atoms with van der Waals surface area (Å²) in [5, 5.41) is 7.85. The molecule has 1 saturated carbocycles. The lowest BCUT2D eigenvalue weighted by atomic mass is 9.82. The Balaban J connectivity index is 0.00000243. The molecule has 7 heteroatoms. The average Bonchev–Trinajstić information content (AvgIpc) is 3.20. The molecule has 3 atom stereocenters. The molecule has 1 aliphatic heterocycles. The van der Waals surface area contributed by atoms with Crippen LogP contribution in [0.3, 0.4) is 0 Å². The van der Waals surface area contributed by atoms with Gasteiger partial charge in [-0.25, -0.2) is 0 Å². The number of aromatic nitrogens is 2. The molecule has 26 heavy (non-hydrogen) atoms. The summed E-state index contributed by atoms with van der Waals surface area (Å²) in [4.78, 5) is 9.74. The molecule has 1 aromatic rings. The van der Waals surface area contributed by atoms with Crippen LogP contribution in [0.2, 0.25) is 0 Å². The number of aryl methyl sites for hydroxylation is 1. The lowest BCUT2D eigenvalue weighted by Gasteiger charge is -2.25. The van der Waals surface area contributed by atoms with E-state index in [-0.39, 0.29) is 30.0 Å². The quantitative estimate of drug-likeness (QED) is 0.405. The largest absolute Gasteiger partial charge is 0.357 e. The molecule has 148 valence electrons. The Morgan fingerprint density at radius 2 is 1.96 bits per heavy atom. The number of aliphatic imine (C=N–C) groups is 1. The first-order valence-electron chi connectivity index (χ1n) is 9.76. The molecule has 0 spiro atoms. The summed E-state index contributed by atoms with van der Waals surface area (Å²) in [6, 6.07) is 0.257. The van der Waals surface area contributed by atoms with Gasteiger partial charge in [-0.05, 0) is 45.7 Å². The first-order chi connectivity index (χ1) is 12.1. The van der Waals surface area contributed by atoms with Crippen molar-refractivity contribution < 1.29 is 0 Å². The molecule has 1 saturated heterocycles. The van der Waals surface area contributed by atoms with E-state index in [1.165, 1.54) is 44.3 Å². The Bertz CT molecular complexity index is 570. The maximum Gasteiger partial charge on any atom is 0.194 e. The normalized spacial score (nSPS) is 24.3. The zero-order valence-electron chi connectivity index (χ0n) is 16.7. The third kappa shape index (κ3) is 5.12. The molecule has 3 unspecified atom stereocenters. The second-order valence-electron chi connectivity index (χ2n) is 7.83. The summed E-state index contributed by atoms with van der Waals surface area (Å²) < 4.78 is 1.87. The molecular weight excluding hydrogens is 439 g/mol. The van der Waals surface area contributed by atoms with E-state index in [0.717, 1.165) is 30.9 Å². The molecule has 2 aliphatic rings. The molecule has 0 bridgehead atoms. The van der Waals surface area contributed by atoms with Crippen LogP contribution in [0, 0.1) is 11.8 Å². The summed E-state index contributed by atoms with van der Waals surface area (Å²) in [6.07, 6.45) is 9.67. The van der Waals surface area contributed by atoms with Crippen LogP contribution in [0.5, 0.6) is 0 Å². The second kappa shape index (κ2) is 9.92. The van der Waals surface area contributed by atoms with Crippen LogP contribution in [0.15, 0.2) is 17.4 Å². The van der Waals surface area contributed by atoms with E-state index >= 15 is 0 Å². The number of likely N-dealkylation sites (tertiary alicyclic amines) is 1. The lowest BCUT2D eigenvalue weighted by molar-refractivity contribution is 0.299. The van der Waals surface area contributed by atoms with Gasteiger partial charge >= 0.3 is 0 Å². The van der Waals surface area contributed by atoms with Crippen molar-refractivity contribution in [3.05, 3.63) is 18.0 Å². The first-order valence-corrected chi connectivity index (χ1v) is 9.76. The number of hydrogen-bond donors (Lipinski definition) is 1. The molecule has 2 fully saturated rings. The Labute approximate surface area is 175 Å². The fraction of sp³-hybridized carbons (Fsp3) is 0.789. The van der Waals surface area contributed by atoms with E-state index in [4.69, 9.17) is 4.99 Å². The van der Waals surface area contributed by atoms with Crippen LogP contribution in [0.1, 0.15) is 44.2 Å². The number of nitrogens with one attached hydrogen (secondary N) is 1. The van der Waals surface area contributed by atoms with Gasteiger partial charge in [-0.15, -0.1) is 24.0 Å². The average molecular weight is 474 g/mol. The highest BCUT2D eigenvalue weighted by atomic mass is 127. The molecular formula is C19H35IN6. The van der Waals surface area contributed by atoms with E-state index in [1.54, 1.807) is 0 Å². The maximum atomic E-state index is 5.01. The minimum absolute atomic E-state index is 0. The minimum atomic E-state index is 0. The van der Waals surface area contributed by atoms with E-state index < -0.39 is 0 Å². The van der Waals surface area contributed by atoms with Gasteiger partial charge in [0.2, 0.25) is 0 Å². The Hall–Kier alpha value is -0.830. The standard InChI is InChI=1S/C19H34N6.HI/c1-5-20-19(25-13-15-8-6-7-9-16(15)14-25)21-11-18(23(2)3)17-10-22-24(4)12-17;/h10,12,15-16,18H,5-9,11,13-14H2,1-4H3,(H,20,21);1H. The third-order valence-electron chi connectivity index (χ3n) is 5.76. The van der Waals surface area contributed by atoms with Gasteiger partial charge in [-0.1, -0.05) is 12.8 Å². The minimum Gasteiger partial charge on any atom is -0.357 e. The predicted octanol–water partition coefficient (Wildman–Crippen LogP) is 2.73. The number of fused-ring (bicyclic) bond motifs is 1. The van der Waals surface area contributed by atoms with Gasteiger partial charge in [-0.3, -0.25) is 9.67 Å². The second-order valence-corrected chi connectivity index (χ2v) is 7.83.